The average molecular weight is 396 g/mol. The maximum absolute atomic E-state index is 2.78. The third-order valence-electron chi connectivity index (χ3n) is 6.23. The van der Waals surface area contributed by atoms with Crippen molar-refractivity contribution in [2.45, 2.75) is 156 Å². The molecule has 0 aromatic rings. The molecule has 28 heavy (non-hydrogen) atoms. The van der Waals surface area contributed by atoms with E-state index in [0.29, 0.717) is 0 Å². The standard InChI is InChI=1S/C27H57N/c1-4-7-10-13-14-15-16-17-18-19-20-21-24-27-28(25-22-11-8-5-2)26-23-12-9-6-3/h4-27H2,1-3H3. The first-order valence-electron chi connectivity index (χ1n) is 13.6. The minimum atomic E-state index is 1.35. The maximum Gasteiger partial charge on any atom is -0.00187 e. The van der Waals surface area contributed by atoms with E-state index in [2.05, 4.69) is 25.7 Å². The van der Waals surface area contributed by atoms with Gasteiger partial charge >= 0.3 is 0 Å². The van der Waals surface area contributed by atoms with Crippen molar-refractivity contribution in [1.82, 2.24) is 4.90 Å². The number of hydrogen-bond donors (Lipinski definition) is 0. The quantitative estimate of drug-likeness (QED) is 0.147. The average Bonchev–Trinajstić information content (AvgIpc) is 2.71. The summed E-state index contributed by atoms with van der Waals surface area (Å²) in [5.41, 5.74) is 0. The number of nitrogens with zero attached hydrogens (tertiary/aromatic N) is 1. The molecule has 0 aliphatic rings. The number of rotatable bonds is 24. The molecule has 0 saturated carbocycles. The van der Waals surface area contributed by atoms with Crippen LogP contribution in [0.15, 0.2) is 0 Å². The summed E-state index contributed by atoms with van der Waals surface area (Å²) < 4.78 is 0. The summed E-state index contributed by atoms with van der Waals surface area (Å²) in [6.45, 7) is 11.0. The highest BCUT2D eigenvalue weighted by molar-refractivity contribution is 4.60. The van der Waals surface area contributed by atoms with Crippen LogP contribution in [-0.2, 0) is 0 Å². The largest absolute Gasteiger partial charge is 0.303 e. The van der Waals surface area contributed by atoms with Crippen LogP contribution >= 0.6 is 0 Å². The van der Waals surface area contributed by atoms with Crippen LogP contribution in [0.5, 0.6) is 0 Å². The summed E-state index contributed by atoms with van der Waals surface area (Å²) in [7, 11) is 0. The fourth-order valence-corrected chi connectivity index (χ4v) is 4.21. The van der Waals surface area contributed by atoms with Gasteiger partial charge in [-0.2, -0.15) is 0 Å². The van der Waals surface area contributed by atoms with Crippen LogP contribution in [0.1, 0.15) is 156 Å². The van der Waals surface area contributed by atoms with Gasteiger partial charge in [-0.05, 0) is 38.9 Å². The molecule has 0 heterocycles. The van der Waals surface area contributed by atoms with E-state index in [4.69, 9.17) is 0 Å². The Hall–Kier alpha value is -0.0400. The van der Waals surface area contributed by atoms with Gasteiger partial charge in [-0.15, -0.1) is 0 Å². The smallest absolute Gasteiger partial charge is 0.00187 e. The van der Waals surface area contributed by atoms with Crippen molar-refractivity contribution < 1.29 is 0 Å². The Kier molecular flexibility index (Phi) is 25.0. The molecule has 0 aliphatic carbocycles. The van der Waals surface area contributed by atoms with Crippen molar-refractivity contribution in [3.05, 3.63) is 0 Å². The van der Waals surface area contributed by atoms with Gasteiger partial charge in [0.2, 0.25) is 0 Å². The van der Waals surface area contributed by atoms with E-state index in [1.807, 2.05) is 0 Å². The first-order valence-corrected chi connectivity index (χ1v) is 13.6. The van der Waals surface area contributed by atoms with Crippen molar-refractivity contribution in [3.63, 3.8) is 0 Å². The van der Waals surface area contributed by atoms with Crippen molar-refractivity contribution >= 4 is 0 Å². The van der Waals surface area contributed by atoms with Crippen LogP contribution in [0.2, 0.25) is 0 Å². The van der Waals surface area contributed by atoms with Crippen LogP contribution in [-0.4, -0.2) is 24.5 Å². The van der Waals surface area contributed by atoms with E-state index in [0.717, 1.165) is 0 Å². The Morgan fingerprint density at radius 2 is 0.500 bits per heavy atom. The zero-order chi connectivity index (χ0) is 20.5. The fraction of sp³-hybridized carbons (Fsp3) is 1.00. The van der Waals surface area contributed by atoms with Crippen molar-refractivity contribution in [1.29, 1.82) is 0 Å². The molecule has 0 rings (SSSR count). The van der Waals surface area contributed by atoms with Crippen LogP contribution < -0.4 is 0 Å². The lowest BCUT2D eigenvalue weighted by molar-refractivity contribution is 0.254. The molecule has 0 fully saturated rings. The molecule has 1 heteroatoms. The normalized spacial score (nSPS) is 11.6. The molecule has 0 saturated heterocycles. The summed E-state index contributed by atoms with van der Waals surface area (Å²) in [5.74, 6) is 0. The first kappa shape index (κ1) is 28.0. The second kappa shape index (κ2) is 25.0. The summed E-state index contributed by atoms with van der Waals surface area (Å²) in [6, 6.07) is 0. The second-order valence-electron chi connectivity index (χ2n) is 9.21. The summed E-state index contributed by atoms with van der Waals surface area (Å²) in [5, 5.41) is 0. The fourth-order valence-electron chi connectivity index (χ4n) is 4.21. The summed E-state index contributed by atoms with van der Waals surface area (Å²) in [4.78, 5) is 2.78. The first-order chi connectivity index (χ1) is 13.8. The molecule has 0 unspecified atom stereocenters. The summed E-state index contributed by atoms with van der Waals surface area (Å²) >= 11 is 0. The van der Waals surface area contributed by atoms with Gasteiger partial charge in [0.25, 0.3) is 0 Å². The van der Waals surface area contributed by atoms with Gasteiger partial charge in [0.1, 0.15) is 0 Å². The van der Waals surface area contributed by atoms with Gasteiger partial charge in [-0.1, -0.05) is 136 Å². The highest BCUT2D eigenvalue weighted by Crippen LogP contribution is 2.13. The van der Waals surface area contributed by atoms with Crippen LogP contribution in [0.25, 0.3) is 0 Å². The number of hydrogen-bond acceptors (Lipinski definition) is 1. The third-order valence-corrected chi connectivity index (χ3v) is 6.23. The van der Waals surface area contributed by atoms with Gasteiger partial charge < -0.3 is 4.90 Å². The Morgan fingerprint density at radius 3 is 0.786 bits per heavy atom. The van der Waals surface area contributed by atoms with Crippen LogP contribution in [0.4, 0.5) is 0 Å². The Bertz CT molecular complexity index is 251. The molecule has 0 aromatic carbocycles. The molecular formula is C27H57N. The zero-order valence-corrected chi connectivity index (χ0v) is 20.4. The van der Waals surface area contributed by atoms with E-state index in [1.54, 1.807) is 0 Å². The topological polar surface area (TPSA) is 3.24 Å². The molecule has 0 radical (unpaired) electrons. The monoisotopic (exact) mass is 395 g/mol. The Labute approximate surface area is 180 Å². The Morgan fingerprint density at radius 1 is 0.286 bits per heavy atom. The van der Waals surface area contributed by atoms with E-state index in [1.165, 1.54) is 154 Å². The lowest BCUT2D eigenvalue weighted by Gasteiger charge is -2.22. The van der Waals surface area contributed by atoms with E-state index in [-0.39, 0.29) is 0 Å². The van der Waals surface area contributed by atoms with Gasteiger partial charge in [0.05, 0.1) is 0 Å². The maximum atomic E-state index is 2.78. The minimum Gasteiger partial charge on any atom is -0.303 e. The van der Waals surface area contributed by atoms with Gasteiger partial charge in [-0.25, -0.2) is 0 Å². The SMILES string of the molecule is CCCCCCCCCCCCCCCN(CCCCCC)CCCCCC. The summed E-state index contributed by atoms with van der Waals surface area (Å²) in [6.07, 6.45) is 30.2. The highest BCUT2D eigenvalue weighted by atomic mass is 15.1. The molecule has 0 N–H and O–H groups in total. The van der Waals surface area contributed by atoms with Gasteiger partial charge in [-0.3, -0.25) is 0 Å². The van der Waals surface area contributed by atoms with Crippen molar-refractivity contribution in [2.75, 3.05) is 19.6 Å². The van der Waals surface area contributed by atoms with Gasteiger partial charge in [0, 0.05) is 0 Å². The molecule has 0 bridgehead atoms. The Balaban J connectivity index is 3.52. The highest BCUT2D eigenvalue weighted by Gasteiger charge is 2.04. The molecule has 1 nitrogen and oxygen atoms in total. The molecule has 0 aromatic heterocycles. The molecule has 0 amide bonds. The molecule has 0 atom stereocenters. The molecular weight excluding hydrogens is 338 g/mol. The van der Waals surface area contributed by atoms with Crippen LogP contribution in [0.3, 0.4) is 0 Å². The zero-order valence-electron chi connectivity index (χ0n) is 20.4. The predicted molar refractivity (Wildman–Crippen MR) is 130 cm³/mol. The predicted octanol–water partition coefficient (Wildman–Crippen LogP) is 9.54. The molecule has 0 spiro atoms. The van der Waals surface area contributed by atoms with E-state index in [9.17, 15) is 0 Å². The van der Waals surface area contributed by atoms with Gasteiger partial charge in [0.15, 0.2) is 0 Å². The second-order valence-corrected chi connectivity index (χ2v) is 9.21. The number of unbranched alkanes of at least 4 members (excludes halogenated alkanes) is 18. The van der Waals surface area contributed by atoms with Crippen molar-refractivity contribution in [3.8, 4) is 0 Å². The van der Waals surface area contributed by atoms with Crippen molar-refractivity contribution in [2.24, 2.45) is 0 Å². The van der Waals surface area contributed by atoms with E-state index >= 15 is 0 Å². The molecule has 0 aliphatic heterocycles. The lowest BCUT2D eigenvalue weighted by Crippen LogP contribution is -2.27. The molecule has 170 valence electrons. The minimum absolute atomic E-state index is 1.35. The van der Waals surface area contributed by atoms with E-state index < -0.39 is 0 Å². The lowest BCUT2D eigenvalue weighted by atomic mass is 10.0. The van der Waals surface area contributed by atoms with Crippen LogP contribution in [0, 0.1) is 0 Å². The third kappa shape index (κ3) is 22.3.